The van der Waals surface area contributed by atoms with Gasteiger partial charge in [0.2, 0.25) is 0 Å². The van der Waals surface area contributed by atoms with Gasteiger partial charge in [0.25, 0.3) is 0 Å². The van der Waals surface area contributed by atoms with Gasteiger partial charge in [-0.15, -0.1) is 0 Å². The fourth-order valence-corrected chi connectivity index (χ4v) is 1.26. The Morgan fingerprint density at radius 1 is 1.75 bits per heavy atom. The van der Waals surface area contributed by atoms with E-state index in [1.807, 2.05) is 17.8 Å². The predicted molar refractivity (Wildman–Crippen MR) is 42.1 cm³/mol. The van der Waals surface area contributed by atoms with Gasteiger partial charge in [-0.3, -0.25) is 0 Å². The topological polar surface area (TPSA) is 0 Å². The maximum absolute atomic E-state index is 3.61. The van der Waals surface area contributed by atoms with Crippen LogP contribution in [0.2, 0.25) is 0 Å². The van der Waals surface area contributed by atoms with Gasteiger partial charge in [0.05, 0.1) is 0 Å². The SMILES string of the molecule is [CH2]/C=C/C(C)SCC. The first-order chi connectivity index (χ1) is 3.81. The van der Waals surface area contributed by atoms with Crippen LogP contribution in [0.1, 0.15) is 13.8 Å². The van der Waals surface area contributed by atoms with Gasteiger partial charge < -0.3 is 0 Å². The quantitative estimate of drug-likeness (QED) is 0.564. The van der Waals surface area contributed by atoms with Crippen molar-refractivity contribution < 1.29 is 0 Å². The molecule has 47 valence electrons. The van der Waals surface area contributed by atoms with E-state index >= 15 is 0 Å². The number of rotatable bonds is 3. The highest BCUT2D eigenvalue weighted by atomic mass is 32.2. The summed E-state index contributed by atoms with van der Waals surface area (Å²) in [7, 11) is 0. The second-order valence-corrected chi connectivity index (χ2v) is 3.24. The molecule has 1 unspecified atom stereocenters. The average molecular weight is 129 g/mol. The molecule has 0 aliphatic carbocycles. The molecule has 0 aromatic carbocycles. The summed E-state index contributed by atoms with van der Waals surface area (Å²) in [6.07, 6.45) is 3.96. The van der Waals surface area contributed by atoms with Crippen LogP contribution in [0.25, 0.3) is 0 Å². The third-order valence-electron chi connectivity index (χ3n) is 0.837. The minimum atomic E-state index is 0.637. The molecule has 0 N–H and O–H groups in total. The predicted octanol–water partition coefficient (Wildman–Crippen LogP) is 2.52. The van der Waals surface area contributed by atoms with Crippen LogP contribution in [0.3, 0.4) is 0 Å². The lowest BCUT2D eigenvalue weighted by Gasteiger charge is -1.99. The van der Waals surface area contributed by atoms with Gasteiger partial charge in [-0.2, -0.15) is 11.8 Å². The normalized spacial score (nSPS) is 14.9. The van der Waals surface area contributed by atoms with Crippen molar-refractivity contribution in [3.05, 3.63) is 19.1 Å². The van der Waals surface area contributed by atoms with Crippen LogP contribution in [0.4, 0.5) is 0 Å². The highest BCUT2D eigenvalue weighted by Gasteiger charge is 1.90. The van der Waals surface area contributed by atoms with Crippen molar-refractivity contribution >= 4 is 11.8 Å². The number of hydrogen-bond acceptors (Lipinski definition) is 1. The Labute approximate surface area is 56.4 Å². The summed E-state index contributed by atoms with van der Waals surface area (Å²) < 4.78 is 0. The molecular formula is C7H13S. The molecular weight excluding hydrogens is 116 g/mol. The molecule has 1 atom stereocenters. The van der Waals surface area contributed by atoms with Gasteiger partial charge in [0.15, 0.2) is 0 Å². The van der Waals surface area contributed by atoms with E-state index in [4.69, 9.17) is 0 Å². The molecule has 0 aliphatic heterocycles. The van der Waals surface area contributed by atoms with E-state index in [0.29, 0.717) is 5.25 Å². The molecule has 0 spiro atoms. The number of hydrogen-bond donors (Lipinski definition) is 0. The summed E-state index contributed by atoms with van der Waals surface area (Å²) >= 11 is 1.93. The molecule has 8 heavy (non-hydrogen) atoms. The van der Waals surface area contributed by atoms with Crippen LogP contribution in [-0.4, -0.2) is 11.0 Å². The van der Waals surface area contributed by atoms with E-state index in [1.54, 1.807) is 0 Å². The zero-order chi connectivity index (χ0) is 6.41. The van der Waals surface area contributed by atoms with Crippen molar-refractivity contribution in [1.82, 2.24) is 0 Å². The molecule has 0 aromatic heterocycles. The van der Waals surface area contributed by atoms with Crippen LogP contribution in [0.15, 0.2) is 12.2 Å². The first-order valence-electron chi connectivity index (χ1n) is 2.88. The Bertz CT molecular complexity index is 66.8. The monoisotopic (exact) mass is 129 g/mol. The molecule has 1 radical (unpaired) electrons. The van der Waals surface area contributed by atoms with E-state index in [2.05, 4.69) is 26.8 Å². The molecule has 0 saturated heterocycles. The van der Waals surface area contributed by atoms with Gasteiger partial charge in [0, 0.05) is 5.25 Å². The van der Waals surface area contributed by atoms with Crippen molar-refractivity contribution in [3.63, 3.8) is 0 Å². The number of thioether (sulfide) groups is 1. The lowest BCUT2D eigenvalue weighted by atomic mass is 10.4. The highest BCUT2D eigenvalue weighted by Crippen LogP contribution is 2.09. The minimum Gasteiger partial charge on any atom is -0.155 e. The molecule has 0 heterocycles. The van der Waals surface area contributed by atoms with Crippen molar-refractivity contribution in [2.75, 3.05) is 5.75 Å². The maximum Gasteiger partial charge on any atom is 0.0198 e. The summed E-state index contributed by atoms with van der Waals surface area (Å²) in [4.78, 5) is 0. The van der Waals surface area contributed by atoms with Gasteiger partial charge >= 0.3 is 0 Å². The Morgan fingerprint density at radius 3 is 2.75 bits per heavy atom. The van der Waals surface area contributed by atoms with E-state index in [1.165, 1.54) is 5.75 Å². The summed E-state index contributed by atoms with van der Waals surface area (Å²) in [6.45, 7) is 7.96. The fraction of sp³-hybridized carbons (Fsp3) is 0.571. The molecule has 1 heteroatoms. The molecule has 0 amide bonds. The Balaban J connectivity index is 3.17. The Kier molecular flexibility index (Phi) is 5.29. The Morgan fingerprint density at radius 2 is 2.38 bits per heavy atom. The van der Waals surface area contributed by atoms with E-state index in [9.17, 15) is 0 Å². The first-order valence-corrected chi connectivity index (χ1v) is 3.93. The smallest absolute Gasteiger partial charge is 0.0198 e. The van der Waals surface area contributed by atoms with Crippen molar-refractivity contribution in [2.24, 2.45) is 0 Å². The van der Waals surface area contributed by atoms with E-state index < -0.39 is 0 Å². The van der Waals surface area contributed by atoms with Crippen LogP contribution < -0.4 is 0 Å². The summed E-state index contributed by atoms with van der Waals surface area (Å²) in [5.74, 6) is 1.19. The van der Waals surface area contributed by atoms with E-state index in [-0.39, 0.29) is 0 Å². The molecule has 0 rings (SSSR count). The lowest BCUT2D eigenvalue weighted by Crippen LogP contribution is -1.88. The third-order valence-corrected chi connectivity index (χ3v) is 1.85. The summed E-state index contributed by atoms with van der Waals surface area (Å²) in [5.41, 5.74) is 0. The second-order valence-electron chi connectivity index (χ2n) is 1.59. The van der Waals surface area contributed by atoms with Crippen molar-refractivity contribution in [2.45, 2.75) is 19.1 Å². The van der Waals surface area contributed by atoms with Crippen LogP contribution in [0, 0.1) is 6.92 Å². The number of allylic oxidation sites excluding steroid dienone is 1. The van der Waals surface area contributed by atoms with E-state index in [0.717, 1.165) is 0 Å². The average Bonchev–Trinajstić information content (AvgIpc) is 1.68. The second kappa shape index (κ2) is 5.23. The lowest BCUT2D eigenvalue weighted by molar-refractivity contribution is 1.24. The third kappa shape index (κ3) is 4.25. The Hall–Kier alpha value is 0.0900. The molecule has 0 bridgehead atoms. The van der Waals surface area contributed by atoms with Crippen LogP contribution in [-0.2, 0) is 0 Å². The van der Waals surface area contributed by atoms with Crippen molar-refractivity contribution in [3.8, 4) is 0 Å². The van der Waals surface area contributed by atoms with Gasteiger partial charge in [-0.1, -0.05) is 19.1 Å². The highest BCUT2D eigenvalue weighted by molar-refractivity contribution is 8.00. The van der Waals surface area contributed by atoms with Crippen LogP contribution in [0.5, 0.6) is 0 Å². The fourth-order valence-electron chi connectivity index (χ4n) is 0.510. The molecule has 0 aliphatic rings. The summed E-state index contributed by atoms with van der Waals surface area (Å²) in [6, 6.07) is 0. The molecule has 0 nitrogen and oxygen atoms in total. The molecule has 0 aromatic rings. The van der Waals surface area contributed by atoms with Gasteiger partial charge in [-0.05, 0) is 19.6 Å². The minimum absolute atomic E-state index is 0.637. The van der Waals surface area contributed by atoms with Crippen LogP contribution >= 0.6 is 11.8 Å². The van der Waals surface area contributed by atoms with Gasteiger partial charge in [-0.25, -0.2) is 0 Å². The molecule has 0 fully saturated rings. The molecule has 0 saturated carbocycles. The maximum atomic E-state index is 3.61. The summed E-state index contributed by atoms with van der Waals surface area (Å²) in [5, 5.41) is 0.637. The first kappa shape index (κ1) is 8.09. The largest absolute Gasteiger partial charge is 0.155 e. The van der Waals surface area contributed by atoms with Crippen molar-refractivity contribution in [1.29, 1.82) is 0 Å². The van der Waals surface area contributed by atoms with Gasteiger partial charge in [0.1, 0.15) is 0 Å². The zero-order valence-corrected chi connectivity index (χ0v) is 6.37. The zero-order valence-electron chi connectivity index (χ0n) is 5.55. The standard InChI is InChI=1S/C7H13S/c1-4-6-7(3)8-5-2/h4,6-7H,1,5H2,2-3H3/b6-4+.